The molecule has 0 spiro atoms. The van der Waals surface area contributed by atoms with Gasteiger partial charge in [0.2, 0.25) is 0 Å². The predicted octanol–water partition coefficient (Wildman–Crippen LogP) is 0.743. The highest BCUT2D eigenvalue weighted by atomic mass is 15.1. The van der Waals surface area contributed by atoms with E-state index in [9.17, 15) is 0 Å². The first kappa shape index (κ1) is 7.76. The normalized spacial score (nSPS) is 8.50. The van der Waals surface area contributed by atoms with Gasteiger partial charge in [0.1, 0.15) is 0 Å². The second kappa shape index (κ2) is 2.72. The van der Waals surface area contributed by atoms with Crippen LogP contribution in [0.15, 0.2) is 0 Å². The van der Waals surface area contributed by atoms with Gasteiger partial charge in [0, 0.05) is 0 Å². The van der Waals surface area contributed by atoms with Crippen LogP contribution in [0.2, 0.25) is 0 Å². The standard InChI is InChI=1S/C6H4N6/c1-9-5-6(10-2)12-4(8)3(7)11-5/h(H2,7,11)(H2,8,12). The van der Waals surface area contributed by atoms with Crippen LogP contribution in [0.4, 0.5) is 23.3 Å². The van der Waals surface area contributed by atoms with Crippen LogP contribution in [0.1, 0.15) is 0 Å². The maximum Gasteiger partial charge on any atom is 0.295 e. The number of hydrogen-bond donors (Lipinski definition) is 2. The van der Waals surface area contributed by atoms with Gasteiger partial charge < -0.3 is 21.2 Å². The summed E-state index contributed by atoms with van der Waals surface area (Å²) < 4.78 is 0. The number of nitrogens with two attached hydrogens (primary N) is 2. The summed E-state index contributed by atoms with van der Waals surface area (Å²) in [5.41, 5.74) is 10.5. The third-order valence-electron chi connectivity index (χ3n) is 1.13. The monoisotopic (exact) mass is 160 g/mol. The minimum absolute atomic E-state index is 0.0200. The van der Waals surface area contributed by atoms with Gasteiger partial charge in [-0.2, -0.15) is 0 Å². The Hall–Kier alpha value is -2.34. The number of hydrogen-bond acceptors (Lipinski definition) is 4. The number of rotatable bonds is 0. The summed E-state index contributed by atoms with van der Waals surface area (Å²) in [6.45, 7) is 13.3. The van der Waals surface area contributed by atoms with E-state index in [1.165, 1.54) is 0 Å². The Kier molecular flexibility index (Phi) is 1.76. The van der Waals surface area contributed by atoms with Crippen molar-refractivity contribution in [3.63, 3.8) is 0 Å². The molecule has 0 aliphatic heterocycles. The summed E-state index contributed by atoms with van der Waals surface area (Å²) in [4.78, 5) is 13.1. The van der Waals surface area contributed by atoms with Crippen molar-refractivity contribution in [3.8, 4) is 0 Å². The molecule has 0 unspecified atom stereocenters. The average Bonchev–Trinajstić information content (AvgIpc) is 2.09. The Morgan fingerprint density at radius 2 is 1.25 bits per heavy atom. The molecule has 1 rings (SSSR count). The first-order chi connectivity index (χ1) is 5.69. The zero-order valence-corrected chi connectivity index (χ0v) is 5.94. The minimum atomic E-state index is -0.114. The molecular formula is C6H4N6. The van der Waals surface area contributed by atoms with Gasteiger partial charge in [-0.25, -0.2) is 0 Å². The van der Waals surface area contributed by atoms with Crippen LogP contribution in [0.3, 0.4) is 0 Å². The molecule has 1 aromatic rings. The molecule has 0 saturated carbocycles. The highest BCUT2D eigenvalue weighted by molar-refractivity contribution is 5.68. The lowest BCUT2D eigenvalue weighted by Gasteiger charge is -1.93. The van der Waals surface area contributed by atoms with Crippen LogP contribution in [0, 0.1) is 13.1 Å². The van der Waals surface area contributed by atoms with Gasteiger partial charge in [-0.3, -0.25) is 0 Å². The first-order valence-electron chi connectivity index (χ1n) is 2.87. The maximum absolute atomic E-state index is 6.64. The Labute approximate surface area is 68.5 Å². The van der Waals surface area contributed by atoms with E-state index in [4.69, 9.17) is 24.6 Å². The molecule has 6 nitrogen and oxygen atoms in total. The third kappa shape index (κ3) is 1.09. The van der Waals surface area contributed by atoms with Gasteiger partial charge in [-0.15, -0.1) is 9.97 Å². The van der Waals surface area contributed by atoms with Crippen molar-refractivity contribution in [1.82, 2.24) is 9.97 Å². The smallest absolute Gasteiger partial charge is 0.295 e. The number of aromatic nitrogens is 2. The Bertz CT molecular complexity index is 357. The highest BCUT2D eigenvalue weighted by Gasteiger charge is 2.13. The van der Waals surface area contributed by atoms with Crippen LogP contribution in [0.5, 0.6) is 0 Å². The molecule has 0 saturated heterocycles. The molecule has 0 aromatic carbocycles. The van der Waals surface area contributed by atoms with Gasteiger partial charge in [-0.05, 0) is 0 Å². The van der Waals surface area contributed by atoms with Crippen molar-refractivity contribution in [2.45, 2.75) is 0 Å². The van der Waals surface area contributed by atoms with Gasteiger partial charge >= 0.3 is 0 Å². The summed E-state index contributed by atoms with van der Waals surface area (Å²) in [7, 11) is 0. The minimum Gasteiger partial charge on any atom is -0.370 e. The summed E-state index contributed by atoms with van der Waals surface area (Å²) in [6.07, 6.45) is 0. The van der Waals surface area contributed by atoms with E-state index in [1.807, 2.05) is 0 Å². The van der Waals surface area contributed by atoms with Crippen molar-refractivity contribution in [1.29, 1.82) is 0 Å². The molecule has 4 N–H and O–H groups in total. The van der Waals surface area contributed by atoms with E-state index in [0.717, 1.165) is 0 Å². The quantitative estimate of drug-likeness (QED) is 0.548. The van der Waals surface area contributed by atoms with Crippen molar-refractivity contribution >= 4 is 23.3 Å². The predicted molar refractivity (Wildman–Crippen MR) is 43.4 cm³/mol. The number of nitrogens with zero attached hydrogens (tertiary/aromatic N) is 4. The summed E-state index contributed by atoms with van der Waals surface area (Å²) in [5, 5.41) is 0. The number of nitrogen functional groups attached to an aromatic ring is 2. The summed E-state index contributed by atoms with van der Waals surface area (Å²) >= 11 is 0. The molecule has 0 aliphatic carbocycles. The van der Waals surface area contributed by atoms with Crippen LogP contribution in [0.25, 0.3) is 9.69 Å². The lowest BCUT2D eigenvalue weighted by Crippen LogP contribution is -1.99. The zero-order valence-electron chi connectivity index (χ0n) is 5.94. The first-order valence-corrected chi connectivity index (χ1v) is 2.87. The molecule has 0 aliphatic rings. The second-order valence-corrected chi connectivity index (χ2v) is 1.86. The van der Waals surface area contributed by atoms with Crippen molar-refractivity contribution in [3.05, 3.63) is 22.8 Å². The zero-order chi connectivity index (χ0) is 9.14. The molecule has 1 heterocycles. The molecule has 12 heavy (non-hydrogen) atoms. The second-order valence-electron chi connectivity index (χ2n) is 1.86. The van der Waals surface area contributed by atoms with E-state index in [2.05, 4.69) is 19.7 Å². The lowest BCUT2D eigenvalue weighted by molar-refractivity contribution is 1.26. The summed E-state index contributed by atoms with van der Waals surface area (Å²) in [6, 6.07) is 0. The largest absolute Gasteiger partial charge is 0.370 e. The average molecular weight is 160 g/mol. The Balaban J connectivity index is 3.44. The molecule has 0 fully saturated rings. The van der Waals surface area contributed by atoms with Crippen LogP contribution >= 0.6 is 0 Å². The van der Waals surface area contributed by atoms with Crippen LogP contribution in [-0.2, 0) is 0 Å². The Morgan fingerprint density at radius 3 is 1.50 bits per heavy atom. The fraction of sp³-hybridized carbons (Fsp3) is 0. The molecule has 0 radical (unpaired) electrons. The topological polar surface area (TPSA) is 86.5 Å². The summed E-state index contributed by atoms with van der Waals surface area (Å²) in [5.74, 6) is -0.268. The van der Waals surface area contributed by atoms with Gasteiger partial charge in [0.15, 0.2) is 0 Å². The molecular weight excluding hydrogens is 156 g/mol. The lowest BCUT2D eigenvalue weighted by atomic mass is 10.5. The van der Waals surface area contributed by atoms with Gasteiger partial charge in [0.05, 0.1) is 0 Å². The third-order valence-corrected chi connectivity index (χ3v) is 1.13. The van der Waals surface area contributed by atoms with E-state index in [1.54, 1.807) is 0 Å². The fourth-order valence-electron chi connectivity index (χ4n) is 0.593. The molecule has 0 atom stereocenters. The number of anilines is 2. The molecule has 0 bridgehead atoms. The van der Waals surface area contributed by atoms with E-state index in [-0.39, 0.29) is 23.3 Å². The van der Waals surface area contributed by atoms with Crippen molar-refractivity contribution < 1.29 is 0 Å². The maximum atomic E-state index is 6.64. The van der Waals surface area contributed by atoms with Crippen LogP contribution < -0.4 is 11.5 Å². The van der Waals surface area contributed by atoms with E-state index < -0.39 is 0 Å². The SMILES string of the molecule is [C-]#[N+]c1nc(N)c(N)nc1[N+]#[C-]. The molecule has 1 aromatic heterocycles. The van der Waals surface area contributed by atoms with Crippen LogP contribution in [-0.4, -0.2) is 9.97 Å². The van der Waals surface area contributed by atoms with Gasteiger partial charge in [0.25, 0.3) is 23.3 Å². The van der Waals surface area contributed by atoms with E-state index >= 15 is 0 Å². The fourth-order valence-corrected chi connectivity index (χ4v) is 0.593. The molecule has 58 valence electrons. The van der Waals surface area contributed by atoms with E-state index in [0.29, 0.717) is 0 Å². The van der Waals surface area contributed by atoms with Gasteiger partial charge in [-0.1, -0.05) is 13.1 Å². The van der Waals surface area contributed by atoms with Crippen molar-refractivity contribution in [2.75, 3.05) is 11.5 Å². The Morgan fingerprint density at radius 1 is 0.917 bits per heavy atom. The highest BCUT2D eigenvalue weighted by Crippen LogP contribution is 2.26. The molecule has 0 amide bonds. The molecule has 6 heteroatoms. The van der Waals surface area contributed by atoms with Crippen molar-refractivity contribution in [2.24, 2.45) is 0 Å².